The van der Waals surface area contributed by atoms with Crippen LogP contribution in [0.5, 0.6) is 0 Å². The molecule has 0 aliphatic heterocycles. The summed E-state index contributed by atoms with van der Waals surface area (Å²) < 4.78 is 0. The van der Waals surface area contributed by atoms with Crippen LogP contribution in [0, 0.1) is 5.92 Å². The van der Waals surface area contributed by atoms with E-state index in [2.05, 4.69) is 42.3 Å². The molecule has 2 rings (SSSR count). The van der Waals surface area contributed by atoms with Crippen molar-refractivity contribution in [2.24, 2.45) is 5.92 Å². The third kappa shape index (κ3) is 5.41. The highest BCUT2D eigenvalue weighted by molar-refractivity contribution is 5.85. The zero-order valence-corrected chi connectivity index (χ0v) is 12.3. The van der Waals surface area contributed by atoms with Crippen molar-refractivity contribution in [3.8, 4) is 0 Å². The maximum absolute atomic E-state index is 2.46. The fourth-order valence-corrected chi connectivity index (χ4v) is 2.85. The van der Waals surface area contributed by atoms with E-state index in [1.807, 2.05) is 0 Å². The summed E-state index contributed by atoms with van der Waals surface area (Å²) in [6.07, 6.45) is 8.73. The molecule has 1 fully saturated rings. The zero-order valence-electron chi connectivity index (χ0n) is 11.5. The standard InChI is InChI=1S/C16H25N.ClH/c1-17(14-16-10-6-3-7-11-16)13-12-15-8-4-2-5-9-15;/h3,6-7,10-11,15H,2,4-5,8-9,12-14H2,1H3;1H. The summed E-state index contributed by atoms with van der Waals surface area (Å²) in [7, 11) is 2.25. The van der Waals surface area contributed by atoms with Crippen LogP contribution in [0.1, 0.15) is 44.1 Å². The molecule has 0 radical (unpaired) electrons. The summed E-state index contributed by atoms with van der Waals surface area (Å²) in [5.41, 5.74) is 1.43. The van der Waals surface area contributed by atoms with E-state index in [1.165, 1.54) is 50.6 Å². The van der Waals surface area contributed by atoms with Crippen LogP contribution < -0.4 is 0 Å². The lowest BCUT2D eigenvalue weighted by Crippen LogP contribution is -2.22. The number of benzene rings is 1. The van der Waals surface area contributed by atoms with Crippen LogP contribution in [0.3, 0.4) is 0 Å². The summed E-state index contributed by atoms with van der Waals surface area (Å²) in [4.78, 5) is 2.46. The summed E-state index contributed by atoms with van der Waals surface area (Å²) in [5, 5.41) is 0. The summed E-state index contributed by atoms with van der Waals surface area (Å²) in [6.45, 7) is 2.34. The molecule has 1 aliphatic carbocycles. The predicted molar refractivity (Wildman–Crippen MR) is 81.2 cm³/mol. The Morgan fingerprint density at radius 3 is 2.39 bits per heavy atom. The van der Waals surface area contributed by atoms with E-state index in [4.69, 9.17) is 0 Å². The lowest BCUT2D eigenvalue weighted by atomic mass is 9.87. The third-order valence-electron chi connectivity index (χ3n) is 3.94. The molecule has 0 amide bonds. The minimum absolute atomic E-state index is 0. The molecule has 0 bridgehead atoms. The predicted octanol–water partition coefficient (Wildman–Crippen LogP) is 4.51. The van der Waals surface area contributed by atoms with Crippen molar-refractivity contribution in [2.75, 3.05) is 13.6 Å². The van der Waals surface area contributed by atoms with E-state index < -0.39 is 0 Å². The van der Waals surface area contributed by atoms with Gasteiger partial charge in [0.2, 0.25) is 0 Å². The van der Waals surface area contributed by atoms with E-state index in [0.717, 1.165) is 12.5 Å². The highest BCUT2D eigenvalue weighted by atomic mass is 35.5. The maximum atomic E-state index is 2.46. The van der Waals surface area contributed by atoms with Crippen molar-refractivity contribution in [1.82, 2.24) is 4.90 Å². The fraction of sp³-hybridized carbons (Fsp3) is 0.625. The monoisotopic (exact) mass is 267 g/mol. The molecule has 2 heteroatoms. The summed E-state index contributed by atoms with van der Waals surface area (Å²) >= 11 is 0. The van der Waals surface area contributed by atoms with Gasteiger partial charge in [0, 0.05) is 6.54 Å². The van der Waals surface area contributed by atoms with Crippen LogP contribution >= 0.6 is 12.4 Å². The van der Waals surface area contributed by atoms with Gasteiger partial charge in [0.25, 0.3) is 0 Å². The Balaban J connectivity index is 0.00000162. The highest BCUT2D eigenvalue weighted by Crippen LogP contribution is 2.26. The van der Waals surface area contributed by atoms with Gasteiger partial charge in [-0.1, -0.05) is 62.4 Å². The number of hydrogen-bond acceptors (Lipinski definition) is 1. The molecule has 18 heavy (non-hydrogen) atoms. The first-order valence-electron chi connectivity index (χ1n) is 7.07. The summed E-state index contributed by atoms with van der Waals surface area (Å²) in [5.74, 6) is 1.00. The highest BCUT2D eigenvalue weighted by Gasteiger charge is 2.13. The zero-order chi connectivity index (χ0) is 11.9. The van der Waals surface area contributed by atoms with Crippen LogP contribution in [0.25, 0.3) is 0 Å². The van der Waals surface area contributed by atoms with Gasteiger partial charge in [0.15, 0.2) is 0 Å². The largest absolute Gasteiger partial charge is 0.302 e. The van der Waals surface area contributed by atoms with Gasteiger partial charge in [0.1, 0.15) is 0 Å². The van der Waals surface area contributed by atoms with Crippen molar-refractivity contribution < 1.29 is 0 Å². The van der Waals surface area contributed by atoms with Crippen LogP contribution in [0.2, 0.25) is 0 Å². The molecule has 0 atom stereocenters. The van der Waals surface area contributed by atoms with Crippen LogP contribution in [0.4, 0.5) is 0 Å². The Labute approximate surface area is 118 Å². The molecule has 1 aromatic carbocycles. The van der Waals surface area contributed by atoms with E-state index in [0.29, 0.717) is 0 Å². The normalized spacial score (nSPS) is 16.6. The van der Waals surface area contributed by atoms with Gasteiger partial charge < -0.3 is 4.90 Å². The van der Waals surface area contributed by atoms with Gasteiger partial charge in [-0.2, -0.15) is 0 Å². The van der Waals surface area contributed by atoms with Crippen molar-refractivity contribution in [3.63, 3.8) is 0 Å². The summed E-state index contributed by atoms with van der Waals surface area (Å²) in [6, 6.07) is 10.8. The smallest absolute Gasteiger partial charge is 0.0230 e. The van der Waals surface area contributed by atoms with Gasteiger partial charge in [-0.3, -0.25) is 0 Å². The molecule has 0 saturated heterocycles. The molecular formula is C16H26ClN. The Morgan fingerprint density at radius 1 is 1.06 bits per heavy atom. The Bertz CT molecular complexity index is 306. The van der Waals surface area contributed by atoms with Gasteiger partial charge in [-0.25, -0.2) is 0 Å². The molecule has 1 aliphatic rings. The first-order chi connectivity index (χ1) is 8.34. The lowest BCUT2D eigenvalue weighted by molar-refractivity contribution is 0.260. The Hall–Kier alpha value is -0.530. The molecule has 1 aromatic rings. The lowest BCUT2D eigenvalue weighted by Gasteiger charge is -2.24. The molecule has 102 valence electrons. The fourth-order valence-electron chi connectivity index (χ4n) is 2.85. The number of rotatable bonds is 5. The van der Waals surface area contributed by atoms with Crippen molar-refractivity contribution >= 4 is 12.4 Å². The number of hydrogen-bond donors (Lipinski definition) is 0. The third-order valence-corrected chi connectivity index (χ3v) is 3.94. The van der Waals surface area contributed by atoms with E-state index in [1.54, 1.807) is 0 Å². The second kappa shape index (κ2) is 8.55. The maximum Gasteiger partial charge on any atom is 0.0230 e. The average Bonchev–Trinajstić information content (AvgIpc) is 2.39. The first-order valence-corrected chi connectivity index (χ1v) is 7.07. The molecular weight excluding hydrogens is 242 g/mol. The van der Waals surface area contributed by atoms with Crippen LogP contribution in [-0.4, -0.2) is 18.5 Å². The Morgan fingerprint density at radius 2 is 1.72 bits per heavy atom. The van der Waals surface area contributed by atoms with Crippen LogP contribution in [0.15, 0.2) is 30.3 Å². The van der Waals surface area contributed by atoms with Gasteiger partial charge in [0.05, 0.1) is 0 Å². The van der Waals surface area contributed by atoms with E-state index >= 15 is 0 Å². The first kappa shape index (κ1) is 15.5. The van der Waals surface area contributed by atoms with E-state index in [-0.39, 0.29) is 12.4 Å². The minimum atomic E-state index is 0. The second-order valence-electron chi connectivity index (χ2n) is 5.52. The van der Waals surface area contributed by atoms with Crippen molar-refractivity contribution in [2.45, 2.75) is 45.1 Å². The molecule has 0 N–H and O–H groups in total. The molecule has 1 saturated carbocycles. The van der Waals surface area contributed by atoms with Crippen LogP contribution in [-0.2, 0) is 6.54 Å². The number of nitrogens with zero attached hydrogens (tertiary/aromatic N) is 1. The number of halogens is 1. The van der Waals surface area contributed by atoms with Crippen molar-refractivity contribution in [1.29, 1.82) is 0 Å². The van der Waals surface area contributed by atoms with Crippen molar-refractivity contribution in [3.05, 3.63) is 35.9 Å². The van der Waals surface area contributed by atoms with Gasteiger partial charge in [-0.15, -0.1) is 12.4 Å². The average molecular weight is 268 g/mol. The van der Waals surface area contributed by atoms with Gasteiger partial charge >= 0.3 is 0 Å². The molecule has 0 heterocycles. The Kier molecular flexibility index (Phi) is 7.38. The minimum Gasteiger partial charge on any atom is -0.302 e. The van der Waals surface area contributed by atoms with E-state index in [9.17, 15) is 0 Å². The molecule has 0 unspecified atom stereocenters. The van der Waals surface area contributed by atoms with Gasteiger partial charge in [-0.05, 0) is 31.5 Å². The molecule has 0 aromatic heterocycles. The molecule has 1 nitrogen and oxygen atoms in total. The molecule has 0 spiro atoms. The quantitative estimate of drug-likeness (QED) is 0.759. The second-order valence-corrected chi connectivity index (χ2v) is 5.52. The topological polar surface area (TPSA) is 3.24 Å². The SMILES string of the molecule is CN(CCC1CCCCC1)Cc1ccccc1.Cl.